The van der Waals surface area contributed by atoms with Gasteiger partial charge in [-0.25, -0.2) is 4.98 Å². The predicted octanol–water partition coefficient (Wildman–Crippen LogP) is 4.12. The fraction of sp³-hybridized carbons (Fsp3) is 0.261. The number of rotatable bonds is 5. The van der Waals surface area contributed by atoms with E-state index in [4.69, 9.17) is 4.74 Å². The van der Waals surface area contributed by atoms with Crippen molar-refractivity contribution in [1.29, 1.82) is 0 Å². The largest absolute Gasteiger partial charge is 0.491 e. The molecule has 1 N–H and O–H groups in total. The number of ether oxygens (including phenoxy) is 1. The maximum atomic E-state index is 12.4. The minimum atomic E-state index is -0.272. The van der Waals surface area contributed by atoms with Gasteiger partial charge in [-0.15, -0.1) is 0 Å². The third kappa shape index (κ3) is 3.78. The average molecular weight is 389 g/mol. The molecule has 148 valence electrons. The van der Waals surface area contributed by atoms with Crippen LogP contribution in [0.2, 0.25) is 0 Å². The third-order valence-electron chi connectivity index (χ3n) is 4.65. The van der Waals surface area contributed by atoms with Crippen LogP contribution in [0.25, 0.3) is 10.9 Å². The number of pyridine rings is 1. The maximum absolute atomic E-state index is 12.4. The van der Waals surface area contributed by atoms with Crippen LogP contribution in [0.5, 0.6) is 5.75 Å². The van der Waals surface area contributed by atoms with Gasteiger partial charge in [0.25, 0.3) is 11.8 Å². The predicted molar refractivity (Wildman–Crippen MR) is 112 cm³/mol. The van der Waals surface area contributed by atoms with Crippen LogP contribution in [0, 0.1) is 0 Å². The summed E-state index contributed by atoms with van der Waals surface area (Å²) in [6.07, 6.45) is 0. The van der Waals surface area contributed by atoms with Gasteiger partial charge < -0.3 is 10.1 Å². The lowest BCUT2D eigenvalue weighted by atomic mass is 10.1. The molecule has 0 saturated heterocycles. The minimum absolute atomic E-state index is 0.0822. The number of hydrogen-bond donors (Lipinski definition) is 1. The highest BCUT2D eigenvalue weighted by Crippen LogP contribution is 2.27. The zero-order valence-electron chi connectivity index (χ0n) is 16.7. The number of benzene rings is 2. The molecule has 0 atom stereocenters. The number of nitrogens with zero attached hydrogens (tertiary/aromatic N) is 2. The van der Waals surface area contributed by atoms with Gasteiger partial charge in [-0.3, -0.25) is 14.5 Å². The number of carbonyl (C=O) groups is 2. The van der Waals surface area contributed by atoms with E-state index >= 15 is 0 Å². The van der Waals surface area contributed by atoms with Crippen LogP contribution in [0.15, 0.2) is 54.6 Å². The van der Waals surface area contributed by atoms with Gasteiger partial charge >= 0.3 is 0 Å². The Morgan fingerprint density at radius 3 is 2.28 bits per heavy atom. The van der Waals surface area contributed by atoms with Gasteiger partial charge in [-0.1, -0.05) is 18.2 Å². The second-order valence-electron chi connectivity index (χ2n) is 8.05. The van der Waals surface area contributed by atoms with E-state index in [1.54, 1.807) is 24.3 Å². The zero-order chi connectivity index (χ0) is 20.6. The monoisotopic (exact) mass is 389 g/mol. The Balaban J connectivity index is 1.47. The second-order valence-corrected chi connectivity index (χ2v) is 8.05. The second kappa shape index (κ2) is 7.20. The first-order valence-electron chi connectivity index (χ1n) is 9.59. The van der Waals surface area contributed by atoms with Gasteiger partial charge in [0.2, 0.25) is 0 Å². The molecule has 1 aliphatic rings. The average Bonchev–Trinajstić information content (AvgIpc) is 2.92. The van der Waals surface area contributed by atoms with Crippen molar-refractivity contribution in [3.05, 3.63) is 65.7 Å². The van der Waals surface area contributed by atoms with Crippen molar-refractivity contribution < 1.29 is 14.3 Å². The Morgan fingerprint density at radius 1 is 0.931 bits per heavy atom. The molecule has 2 amide bonds. The summed E-state index contributed by atoms with van der Waals surface area (Å²) in [5.41, 5.74) is 1.63. The van der Waals surface area contributed by atoms with E-state index in [2.05, 4.69) is 31.1 Å². The Labute approximate surface area is 169 Å². The summed E-state index contributed by atoms with van der Waals surface area (Å²) in [5, 5.41) is 4.24. The highest BCUT2D eigenvalue weighted by molar-refractivity contribution is 6.21. The van der Waals surface area contributed by atoms with Crippen LogP contribution < -0.4 is 10.1 Å². The van der Waals surface area contributed by atoms with E-state index in [0.29, 0.717) is 16.9 Å². The van der Waals surface area contributed by atoms with Crippen molar-refractivity contribution in [2.75, 3.05) is 18.5 Å². The molecule has 2 aromatic carbocycles. The standard InChI is InChI=1S/C23H23N3O3/c1-23(2,3)25-20-12-11-17-18(24-20)9-6-10-19(17)29-14-13-26-21(27)15-7-4-5-8-16(15)22(26)28/h4-12H,13-14H2,1-3H3,(H,24,25). The highest BCUT2D eigenvalue weighted by atomic mass is 16.5. The summed E-state index contributed by atoms with van der Waals surface area (Å²) in [7, 11) is 0. The van der Waals surface area contributed by atoms with Gasteiger partial charge in [-0.2, -0.15) is 0 Å². The number of hydrogen-bond acceptors (Lipinski definition) is 5. The molecule has 0 unspecified atom stereocenters. The summed E-state index contributed by atoms with van der Waals surface area (Å²) in [6, 6.07) is 16.4. The van der Waals surface area contributed by atoms with E-state index in [1.807, 2.05) is 30.3 Å². The van der Waals surface area contributed by atoms with E-state index in [1.165, 1.54) is 4.90 Å². The Hall–Kier alpha value is -3.41. The number of imide groups is 1. The Kier molecular flexibility index (Phi) is 4.70. The third-order valence-corrected chi connectivity index (χ3v) is 4.65. The van der Waals surface area contributed by atoms with Crippen molar-refractivity contribution in [3.8, 4) is 5.75 Å². The fourth-order valence-electron chi connectivity index (χ4n) is 3.40. The summed E-state index contributed by atoms with van der Waals surface area (Å²) >= 11 is 0. The number of fused-ring (bicyclic) bond motifs is 2. The molecular weight excluding hydrogens is 366 g/mol. The minimum Gasteiger partial charge on any atom is -0.491 e. The van der Waals surface area contributed by atoms with Crippen molar-refractivity contribution in [2.24, 2.45) is 0 Å². The zero-order valence-corrected chi connectivity index (χ0v) is 16.7. The van der Waals surface area contributed by atoms with E-state index in [-0.39, 0.29) is 30.5 Å². The van der Waals surface area contributed by atoms with Crippen molar-refractivity contribution >= 4 is 28.5 Å². The molecule has 0 bridgehead atoms. The molecule has 0 fully saturated rings. The molecular formula is C23H23N3O3. The smallest absolute Gasteiger partial charge is 0.261 e. The lowest BCUT2D eigenvalue weighted by molar-refractivity contribution is 0.0631. The lowest BCUT2D eigenvalue weighted by Gasteiger charge is -2.21. The van der Waals surface area contributed by atoms with Crippen molar-refractivity contribution in [1.82, 2.24) is 9.88 Å². The summed E-state index contributed by atoms with van der Waals surface area (Å²) < 4.78 is 5.91. The van der Waals surface area contributed by atoms with Gasteiger partial charge in [0, 0.05) is 10.9 Å². The molecule has 4 rings (SSSR count). The molecule has 0 saturated carbocycles. The van der Waals surface area contributed by atoms with Gasteiger partial charge in [0.1, 0.15) is 18.2 Å². The summed E-state index contributed by atoms with van der Waals surface area (Å²) in [6.45, 7) is 6.65. The Bertz CT molecular complexity index is 1070. The van der Waals surface area contributed by atoms with Crippen LogP contribution in [-0.4, -0.2) is 40.4 Å². The fourth-order valence-corrected chi connectivity index (χ4v) is 3.40. The normalized spacial score (nSPS) is 13.7. The molecule has 0 aliphatic carbocycles. The Morgan fingerprint density at radius 2 is 1.62 bits per heavy atom. The number of carbonyl (C=O) groups excluding carboxylic acids is 2. The maximum Gasteiger partial charge on any atom is 0.261 e. The van der Waals surface area contributed by atoms with Crippen LogP contribution >= 0.6 is 0 Å². The molecule has 6 nitrogen and oxygen atoms in total. The van der Waals surface area contributed by atoms with Crippen molar-refractivity contribution in [3.63, 3.8) is 0 Å². The molecule has 1 aliphatic heterocycles. The van der Waals surface area contributed by atoms with Gasteiger partial charge in [-0.05, 0) is 57.2 Å². The van der Waals surface area contributed by atoms with Crippen LogP contribution in [0.4, 0.5) is 5.82 Å². The lowest BCUT2D eigenvalue weighted by Crippen LogP contribution is -2.33. The number of nitrogens with one attached hydrogen (secondary N) is 1. The summed E-state index contributed by atoms with van der Waals surface area (Å²) in [4.78, 5) is 30.8. The van der Waals surface area contributed by atoms with E-state index < -0.39 is 0 Å². The topological polar surface area (TPSA) is 71.5 Å². The highest BCUT2D eigenvalue weighted by Gasteiger charge is 2.34. The first-order chi connectivity index (χ1) is 13.8. The van der Waals surface area contributed by atoms with Crippen molar-refractivity contribution in [2.45, 2.75) is 26.3 Å². The van der Waals surface area contributed by atoms with E-state index in [9.17, 15) is 9.59 Å². The number of aromatic nitrogens is 1. The number of amides is 2. The quantitative estimate of drug-likeness (QED) is 0.665. The first kappa shape index (κ1) is 18.9. The molecule has 6 heteroatoms. The van der Waals surface area contributed by atoms with Gasteiger partial charge in [0.05, 0.1) is 23.2 Å². The molecule has 2 heterocycles. The summed E-state index contributed by atoms with van der Waals surface area (Å²) in [5.74, 6) is 0.931. The number of anilines is 1. The van der Waals surface area contributed by atoms with Crippen LogP contribution in [0.1, 0.15) is 41.5 Å². The van der Waals surface area contributed by atoms with Crippen LogP contribution in [-0.2, 0) is 0 Å². The van der Waals surface area contributed by atoms with Crippen LogP contribution in [0.3, 0.4) is 0 Å². The first-order valence-corrected chi connectivity index (χ1v) is 9.59. The molecule has 3 aromatic rings. The van der Waals surface area contributed by atoms with E-state index in [0.717, 1.165) is 16.7 Å². The molecule has 29 heavy (non-hydrogen) atoms. The molecule has 0 spiro atoms. The molecule has 1 aromatic heterocycles. The van der Waals surface area contributed by atoms with Gasteiger partial charge in [0.15, 0.2) is 0 Å². The SMILES string of the molecule is CC(C)(C)Nc1ccc2c(OCCN3C(=O)c4ccccc4C3=O)cccc2n1. The molecule has 0 radical (unpaired) electrons.